The summed E-state index contributed by atoms with van der Waals surface area (Å²) in [4.78, 5) is 11.4. The third-order valence-electron chi connectivity index (χ3n) is 7.13. The molecule has 0 atom stereocenters. The van der Waals surface area contributed by atoms with E-state index in [1.54, 1.807) is 12.1 Å². The van der Waals surface area contributed by atoms with Crippen LogP contribution in [0.25, 0.3) is 0 Å². The van der Waals surface area contributed by atoms with Crippen molar-refractivity contribution in [2.24, 2.45) is 5.10 Å². The molecule has 0 amide bonds. The molecular weight excluding hydrogens is 474 g/mol. The third kappa shape index (κ3) is 5.36. The molecule has 7 heteroatoms. The smallest absolute Gasteiger partial charge is 0.335 e. The van der Waals surface area contributed by atoms with Gasteiger partial charge in [-0.2, -0.15) is 5.10 Å². The van der Waals surface area contributed by atoms with Crippen LogP contribution in [0.4, 0.5) is 14.5 Å². The molecule has 37 heavy (non-hydrogen) atoms. The van der Waals surface area contributed by atoms with Gasteiger partial charge in [-0.05, 0) is 78.1 Å². The quantitative estimate of drug-likeness (QED) is 0.261. The number of anilines is 1. The zero-order valence-electron chi connectivity index (χ0n) is 21.8. The van der Waals surface area contributed by atoms with Crippen molar-refractivity contribution in [2.45, 2.75) is 58.3 Å². The van der Waals surface area contributed by atoms with E-state index in [1.807, 2.05) is 6.92 Å². The summed E-state index contributed by atoms with van der Waals surface area (Å²) in [5.41, 5.74) is 6.64. The highest BCUT2D eigenvalue weighted by atomic mass is 19.1. The number of hydrogen-bond donors (Lipinski definition) is 2. The molecule has 1 aliphatic rings. The minimum Gasteiger partial charge on any atom is -0.493 e. The number of carbonyl (C=O) groups is 1. The maximum atomic E-state index is 14.4. The van der Waals surface area contributed by atoms with E-state index in [-0.39, 0.29) is 22.1 Å². The fraction of sp³-hybridized carbons (Fsp3) is 0.333. The summed E-state index contributed by atoms with van der Waals surface area (Å²) in [6.07, 6.45) is 2.04. The van der Waals surface area contributed by atoms with E-state index in [0.29, 0.717) is 29.2 Å². The molecule has 0 heterocycles. The molecule has 0 bridgehead atoms. The van der Waals surface area contributed by atoms with Gasteiger partial charge < -0.3 is 9.84 Å². The maximum absolute atomic E-state index is 14.4. The van der Waals surface area contributed by atoms with Gasteiger partial charge in [0.25, 0.3) is 0 Å². The summed E-state index contributed by atoms with van der Waals surface area (Å²) < 4.78 is 34.3. The van der Waals surface area contributed by atoms with E-state index in [1.165, 1.54) is 23.3 Å². The van der Waals surface area contributed by atoms with Crippen LogP contribution in [-0.2, 0) is 10.8 Å². The predicted molar refractivity (Wildman–Crippen MR) is 142 cm³/mol. The second-order valence-electron chi connectivity index (χ2n) is 10.7. The highest BCUT2D eigenvalue weighted by molar-refractivity contribution is 6.15. The summed E-state index contributed by atoms with van der Waals surface area (Å²) in [5, 5.41) is 13.9. The Morgan fingerprint density at radius 1 is 0.946 bits per heavy atom. The molecule has 4 rings (SSSR count). The Bertz CT molecular complexity index is 1360. The van der Waals surface area contributed by atoms with Gasteiger partial charge in [0, 0.05) is 17.2 Å². The van der Waals surface area contributed by atoms with Crippen LogP contribution in [0.2, 0.25) is 0 Å². The minimum absolute atomic E-state index is 0.0430. The van der Waals surface area contributed by atoms with Crippen molar-refractivity contribution in [2.75, 3.05) is 12.0 Å². The molecule has 3 aromatic rings. The van der Waals surface area contributed by atoms with E-state index < -0.39 is 17.6 Å². The molecule has 0 unspecified atom stereocenters. The second kappa shape index (κ2) is 9.96. The van der Waals surface area contributed by atoms with Crippen molar-refractivity contribution in [3.05, 3.63) is 94.0 Å². The van der Waals surface area contributed by atoms with Crippen molar-refractivity contribution in [3.8, 4) is 5.75 Å². The van der Waals surface area contributed by atoms with Crippen LogP contribution in [0.5, 0.6) is 5.75 Å². The predicted octanol–water partition coefficient (Wildman–Crippen LogP) is 7.28. The molecule has 0 saturated heterocycles. The number of hydrogen-bond acceptors (Lipinski definition) is 4. The fourth-order valence-electron chi connectivity index (χ4n) is 4.80. The van der Waals surface area contributed by atoms with Crippen LogP contribution in [0, 0.1) is 11.6 Å². The first-order valence-corrected chi connectivity index (χ1v) is 12.4. The number of aromatic carboxylic acids is 1. The summed E-state index contributed by atoms with van der Waals surface area (Å²) in [7, 11) is 0. The van der Waals surface area contributed by atoms with E-state index >= 15 is 0 Å². The Balaban J connectivity index is 1.95. The van der Waals surface area contributed by atoms with Gasteiger partial charge in [-0.25, -0.2) is 13.6 Å². The number of fused-ring (bicyclic) bond motifs is 1. The molecule has 0 saturated carbocycles. The Hall–Kier alpha value is -3.74. The van der Waals surface area contributed by atoms with Gasteiger partial charge in [-0.1, -0.05) is 39.8 Å². The number of halogens is 2. The van der Waals surface area contributed by atoms with Crippen molar-refractivity contribution in [1.29, 1.82) is 0 Å². The molecular formula is C30H32F2N2O3. The molecule has 0 aromatic heterocycles. The summed E-state index contributed by atoms with van der Waals surface area (Å²) in [6, 6.07) is 13.5. The minimum atomic E-state index is -1.04. The highest BCUT2D eigenvalue weighted by Crippen LogP contribution is 2.48. The van der Waals surface area contributed by atoms with Gasteiger partial charge in [0.05, 0.1) is 17.9 Å². The van der Waals surface area contributed by atoms with Crippen LogP contribution in [0.15, 0.2) is 59.7 Å². The number of rotatable bonds is 7. The van der Waals surface area contributed by atoms with Crippen LogP contribution in [-0.4, -0.2) is 23.4 Å². The Kier molecular flexibility index (Phi) is 7.09. The molecule has 0 spiro atoms. The summed E-state index contributed by atoms with van der Waals surface area (Å²) >= 11 is 0. The van der Waals surface area contributed by atoms with Crippen molar-refractivity contribution >= 4 is 17.4 Å². The molecule has 3 aromatic carbocycles. The van der Waals surface area contributed by atoms with E-state index in [4.69, 9.17) is 4.74 Å². The van der Waals surface area contributed by atoms with Crippen LogP contribution in [0.1, 0.15) is 80.1 Å². The van der Waals surface area contributed by atoms with E-state index in [2.05, 4.69) is 50.4 Å². The molecule has 0 fully saturated rings. The van der Waals surface area contributed by atoms with Crippen molar-refractivity contribution in [3.63, 3.8) is 0 Å². The average Bonchev–Trinajstić information content (AvgIpc) is 2.85. The van der Waals surface area contributed by atoms with Gasteiger partial charge in [-0.3, -0.25) is 5.43 Å². The second-order valence-corrected chi connectivity index (χ2v) is 10.7. The Morgan fingerprint density at radius 3 is 2.14 bits per heavy atom. The number of carboxylic acids is 1. The van der Waals surface area contributed by atoms with Crippen LogP contribution < -0.4 is 10.2 Å². The van der Waals surface area contributed by atoms with Gasteiger partial charge in [0.1, 0.15) is 23.1 Å². The number of benzene rings is 3. The summed E-state index contributed by atoms with van der Waals surface area (Å²) in [5.74, 6) is -1.67. The van der Waals surface area contributed by atoms with E-state index in [9.17, 15) is 18.7 Å². The van der Waals surface area contributed by atoms with Crippen LogP contribution in [0.3, 0.4) is 0 Å². The number of carboxylic acid groups (broad SMARTS) is 1. The van der Waals surface area contributed by atoms with E-state index in [0.717, 1.165) is 31.0 Å². The van der Waals surface area contributed by atoms with Crippen molar-refractivity contribution in [1.82, 2.24) is 0 Å². The average molecular weight is 507 g/mol. The van der Waals surface area contributed by atoms with Gasteiger partial charge >= 0.3 is 5.97 Å². The zero-order valence-corrected chi connectivity index (χ0v) is 21.8. The third-order valence-corrected chi connectivity index (χ3v) is 7.13. The van der Waals surface area contributed by atoms with Gasteiger partial charge in [0.2, 0.25) is 0 Å². The Morgan fingerprint density at radius 2 is 1.54 bits per heavy atom. The Labute approximate surface area is 216 Å². The molecule has 5 nitrogen and oxygen atoms in total. The largest absolute Gasteiger partial charge is 0.493 e. The first-order valence-electron chi connectivity index (χ1n) is 12.4. The summed E-state index contributed by atoms with van der Waals surface area (Å²) in [6.45, 7) is 11.2. The topological polar surface area (TPSA) is 70.9 Å². The monoisotopic (exact) mass is 506 g/mol. The number of ether oxygens (including phenoxy) is 1. The molecule has 1 aliphatic carbocycles. The first-order chi connectivity index (χ1) is 17.4. The normalized spacial score (nSPS) is 16.1. The molecule has 0 aliphatic heterocycles. The van der Waals surface area contributed by atoms with Gasteiger partial charge in [0.15, 0.2) is 0 Å². The number of nitrogens with zero attached hydrogens (tertiary/aromatic N) is 1. The highest BCUT2D eigenvalue weighted by Gasteiger charge is 2.38. The SMILES string of the molecule is CCOc1cc2c(cc1/C(=N/Nc1cc(F)ccc1F)c1ccc(C(=O)O)cc1)C(C)(C)CCC2(C)C. The number of hydrazone groups is 1. The lowest BCUT2D eigenvalue weighted by atomic mass is 9.62. The van der Waals surface area contributed by atoms with Crippen molar-refractivity contribution < 1.29 is 23.4 Å². The lowest BCUT2D eigenvalue weighted by Gasteiger charge is -2.42. The zero-order chi connectivity index (χ0) is 27.0. The first kappa shape index (κ1) is 26.3. The lowest BCUT2D eigenvalue weighted by Crippen LogP contribution is -2.34. The van der Waals surface area contributed by atoms with Crippen LogP contribution >= 0.6 is 0 Å². The molecule has 0 radical (unpaired) electrons. The lowest BCUT2D eigenvalue weighted by molar-refractivity contribution is 0.0697. The van der Waals surface area contributed by atoms with Gasteiger partial charge in [-0.15, -0.1) is 0 Å². The molecule has 2 N–H and O–H groups in total. The standard InChI is InChI=1S/C30H32F2N2O3/c1-6-37-26-17-23-22(29(2,3)13-14-30(23,4)5)16-21(26)27(18-7-9-19(10-8-18)28(35)36)34-33-25-15-20(31)11-12-24(25)32/h7-12,15-17,33H,6,13-14H2,1-5H3,(H,35,36)/b34-27+. The maximum Gasteiger partial charge on any atom is 0.335 e. The number of nitrogens with one attached hydrogen (secondary N) is 1. The fourth-order valence-corrected chi connectivity index (χ4v) is 4.80. The molecule has 194 valence electrons.